The lowest BCUT2D eigenvalue weighted by Gasteiger charge is -2.20. The summed E-state index contributed by atoms with van der Waals surface area (Å²) in [6.45, 7) is 5.46. The van der Waals surface area contributed by atoms with E-state index in [-0.39, 0.29) is 0 Å². The Morgan fingerprint density at radius 2 is 2.06 bits per heavy atom. The van der Waals surface area contributed by atoms with Crippen LogP contribution >= 0.6 is 0 Å². The molecule has 1 aliphatic carbocycles. The van der Waals surface area contributed by atoms with Crippen molar-refractivity contribution in [3.8, 4) is 0 Å². The van der Waals surface area contributed by atoms with E-state index in [2.05, 4.69) is 29.1 Å². The van der Waals surface area contributed by atoms with Crippen molar-refractivity contribution in [2.75, 3.05) is 0 Å². The molecular formula is C13H21N3. The number of hydrogen-bond donors (Lipinski definition) is 1. The number of nitrogens with zero attached hydrogens (tertiary/aromatic N) is 2. The van der Waals surface area contributed by atoms with E-state index in [1.807, 2.05) is 6.07 Å². The van der Waals surface area contributed by atoms with Crippen LogP contribution in [0.25, 0.3) is 0 Å². The van der Waals surface area contributed by atoms with E-state index in [4.69, 9.17) is 0 Å². The molecule has 2 rings (SSSR count). The summed E-state index contributed by atoms with van der Waals surface area (Å²) in [7, 11) is 0. The van der Waals surface area contributed by atoms with Crippen LogP contribution < -0.4 is 5.32 Å². The molecule has 0 aliphatic heterocycles. The molecule has 0 saturated heterocycles. The van der Waals surface area contributed by atoms with E-state index < -0.39 is 0 Å². The predicted molar refractivity (Wildman–Crippen MR) is 64.8 cm³/mol. The third kappa shape index (κ3) is 2.59. The summed E-state index contributed by atoms with van der Waals surface area (Å²) in [5.74, 6) is 2.58. The standard InChI is InChI=1S/C13H21N3/c1-3-11-5-6-12(10(11)2)16-9-13-14-7-4-8-15-13/h4,7-8,10-12,16H,3,5-6,9H2,1-2H3. The van der Waals surface area contributed by atoms with Crippen molar-refractivity contribution in [1.82, 2.24) is 15.3 Å². The van der Waals surface area contributed by atoms with Crippen molar-refractivity contribution < 1.29 is 0 Å². The Hall–Kier alpha value is -0.960. The Morgan fingerprint density at radius 1 is 1.31 bits per heavy atom. The fraction of sp³-hybridized carbons (Fsp3) is 0.692. The first-order chi connectivity index (χ1) is 7.81. The first kappa shape index (κ1) is 11.5. The van der Waals surface area contributed by atoms with Crippen LogP contribution in [0, 0.1) is 11.8 Å². The average molecular weight is 219 g/mol. The van der Waals surface area contributed by atoms with Crippen LogP contribution in [0.15, 0.2) is 18.5 Å². The summed E-state index contributed by atoms with van der Waals surface area (Å²) < 4.78 is 0. The normalized spacial score (nSPS) is 29.5. The zero-order valence-electron chi connectivity index (χ0n) is 10.2. The van der Waals surface area contributed by atoms with Crippen LogP contribution in [-0.4, -0.2) is 16.0 Å². The van der Waals surface area contributed by atoms with Crippen molar-refractivity contribution in [3.63, 3.8) is 0 Å². The van der Waals surface area contributed by atoms with E-state index >= 15 is 0 Å². The van der Waals surface area contributed by atoms with E-state index in [9.17, 15) is 0 Å². The van der Waals surface area contributed by atoms with E-state index in [0.29, 0.717) is 6.04 Å². The molecule has 1 saturated carbocycles. The van der Waals surface area contributed by atoms with Gasteiger partial charge in [-0.25, -0.2) is 9.97 Å². The number of nitrogens with one attached hydrogen (secondary N) is 1. The van der Waals surface area contributed by atoms with Crippen molar-refractivity contribution in [2.45, 2.75) is 45.7 Å². The highest BCUT2D eigenvalue weighted by Crippen LogP contribution is 2.33. The van der Waals surface area contributed by atoms with Gasteiger partial charge in [-0.1, -0.05) is 20.3 Å². The zero-order chi connectivity index (χ0) is 11.4. The van der Waals surface area contributed by atoms with Gasteiger partial charge in [0.15, 0.2) is 0 Å². The molecule has 0 spiro atoms. The molecule has 1 fully saturated rings. The van der Waals surface area contributed by atoms with Crippen molar-refractivity contribution in [2.24, 2.45) is 11.8 Å². The molecule has 16 heavy (non-hydrogen) atoms. The Balaban J connectivity index is 1.83. The monoisotopic (exact) mass is 219 g/mol. The van der Waals surface area contributed by atoms with E-state index in [1.165, 1.54) is 19.3 Å². The highest BCUT2D eigenvalue weighted by molar-refractivity contribution is 4.91. The second-order valence-corrected chi connectivity index (χ2v) is 4.76. The first-order valence-electron chi connectivity index (χ1n) is 6.30. The third-order valence-corrected chi connectivity index (χ3v) is 3.89. The molecule has 1 heterocycles. The van der Waals surface area contributed by atoms with Crippen LogP contribution in [0.4, 0.5) is 0 Å². The predicted octanol–water partition coefficient (Wildman–Crippen LogP) is 2.39. The van der Waals surface area contributed by atoms with Crippen LogP contribution in [-0.2, 0) is 6.54 Å². The summed E-state index contributed by atoms with van der Waals surface area (Å²) in [5.41, 5.74) is 0. The van der Waals surface area contributed by atoms with E-state index in [1.54, 1.807) is 12.4 Å². The maximum atomic E-state index is 4.23. The van der Waals surface area contributed by atoms with Gasteiger partial charge < -0.3 is 5.32 Å². The lowest BCUT2D eigenvalue weighted by atomic mass is 9.93. The van der Waals surface area contributed by atoms with Crippen molar-refractivity contribution >= 4 is 0 Å². The first-order valence-corrected chi connectivity index (χ1v) is 6.30. The Kier molecular flexibility index (Phi) is 3.88. The number of rotatable bonds is 4. The van der Waals surface area contributed by atoms with Crippen LogP contribution in [0.1, 0.15) is 38.9 Å². The van der Waals surface area contributed by atoms with Gasteiger partial charge in [0.25, 0.3) is 0 Å². The van der Waals surface area contributed by atoms with Crippen LogP contribution in [0.3, 0.4) is 0 Å². The second kappa shape index (κ2) is 5.39. The molecule has 1 N–H and O–H groups in total. The van der Waals surface area contributed by atoms with Gasteiger partial charge in [0.05, 0.1) is 6.54 Å². The zero-order valence-corrected chi connectivity index (χ0v) is 10.2. The smallest absolute Gasteiger partial charge is 0.141 e. The molecule has 3 heteroatoms. The molecule has 88 valence electrons. The largest absolute Gasteiger partial charge is 0.307 e. The molecule has 0 amide bonds. The number of aromatic nitrogens is 2. The fourth-order valence-corrected chi connectivity index (χ4v) is 2.76. The van der Waals surface area contributed by atoms with Gasteiger partial charge in [-0.05, 0) is 30.7 Å². The van der Waals surface area contributed by atoms with Crippen LogP contribution in [0.2, 0.25) is 0 Å². The van der Waals surface area contributed by atoms with Gasteiger partial charge in [0.1, 0.15) is 5.82 Å². The van der Waals surface area contributed by atoms with Crippen molar-refractivity contribution in [3.05, 3.63) is 24.3 Å². The van der Waals surface area contributed by atoms with Gasteiger partial charge in [-0.3, -0.25) is 0 Å². The van der Waals surface area contributed by atoms with Gasteiger partial charge in [-0.2, -0.15) is 0 Å². The topological polar surface area (TPSA) is 37.8 Å². The van der Waals surface area contributed by atoms with Crippen molar-refractivity contribution in [1.29, 1.82) is 0 Å². The minimum absolute atomic E-state index is 0.647. The minimum atomic E-state index is 0.647. The molecule has 0 aromatic carbocycles. The molecule has 1 aromatic heterocycles. The molecular weight excluding hydrogens is 198 g/mol. The van der Waals surface area contributed by atoms with Crippen LogP contribution in [0.5, 0.6) is 0 Å². The lowest BCUT2D eigenvalue weighted by molar-refractivity contribution is 0.342. The Morgan fingerprint density at radius 3 is 2.69 bits per heavy atom. The molecule has 3 unspecified atom stereocenters. The average Bonchev–Trinajstić information content (AvgIpc) is 2.69. The molecule has 3 atom stereocenters. The molecule has 1 aromatic rings. The molecule has 0 radical (unpaired) electrons. The highest BCUT2D eigenvalue weighted by Gasteiger charge is 2.30. The number of hydrogen-bond acceptors (Lipinski definition) is 3. The van der Waals surface area contributed by atoms with Gasteiger partial charge in [0, 0.05) is 18.4 Å². The van der Waals surface area contributed by atoms with Gasteiger partial charge >= 0.3 is 0 Å². The quantitative estimate of drug-likeness (QED) is 0.845. The molecule has 1 aliphatic rings. The summed E-state index contributed by atoms with van der Waals surface area (Å²) in [4.78, 5) is 8.46. The Bertz CT molecular complexity index is 312. The van der Waals surface area contributed by atoms with E-state index in [0.717, 1.165) is 24.2 Å². The highest BCUT2D eigenvalue weighted by atomic mass is 15.0. The van der Waals surface area contributed by atoms with Gasteiger partial charge in [-0.15, -0.1) is 0 Å². The fourth-order valence-electron chi connectivity index (χ4n) is 2.76. The summed E-state index contributed by atoms with van der Waals surface area (Å²) in [5, 5.41) is 3.59. The maximum absolute atomic E-state index is 4.23. The summed E-state index contributed by atoms with van der Waals surface area (Å²) in [6, 6.07) is 2.50. The molecule has 3 nitrogen and oxygen atoms in total. The SMILES string of the molecule is CCC1CCC(NCc2ncccn2)C1C. The summed E-state index contributed by atoms with van der Waals surface area (Å²) >= 11 is 0. The van der Waals surface area contributed by atoms with Gasteiger partial charge in [0.2, 0.25) is 0 Å². The maximum Gasteiger partial charge on any atom is 0.141 e. The third-order valence-electron chi connectivity index (χ3n) is 3.89. The second-order valence-electron chi connectivity index (χ2n) is 4.76. The summed E-state index contributed by atoms with van der Waals surface area (Å²) in [6.07, 6.45) is 7.58. The lowest BCUT2D eigenvalue weighted by Crippen LogP contribution is -2.32. The molecule has 0 bridgehead atoms. The minimum Gasteiger partial charge on any atom is -0.307 e. The Labute approximate surface area is 97.7 Å².